The highest BCUT2D eigenvalue weighted by Crippen LogP contribution is 2.33. The van der Waals surface area contributed by atoms with Gasteiger partial charge in [0, 0.05) is 11.8 Å². The van der Waals surface area contributed by atoms with Gasteiger partial charge in [0.15, 0.2) is 5.96 Å². The van der Waals surface area contributed by atoms with E-state index >= 15 is 0 Å². The van der Waals surface area contributed by atoms with Gasteiger partial charge in [-0.2, -0.15) is 0 Å². The van der Waals surface area contributed by atoms with Crippen LogP contribution in [0.15, 0.2) is 53.5 Å². The number of nitrogens with zero attached hydrogens (tertiary/aromatic N) is 2. The van der Waals surface area contributed by atoms with Crippen molar-refractivity contribution in [1.82, 2.24) is 0 Å². The first-order chi connectivity index (χ1) is 10.2. The molecule has 1 aliphatic rings. The summed E-state index contributed by atoms with van der Waals surface area (Å²) in [5.74, 6) is 1.37. The number of ether oxygens (including phenoxy) is 1. The van der Waals surface area contributed by atoms with Crippen LogP contribution in [0.25, 0.3) is 0 Å². The van der Waals surface area contributed by atoms with Crippen molar-refractivity contribution in [3.63, 3.8) is 0 Å². The van der Waals surface area contributed by atoms with Crippen LogP contribution in [0.4, 0.5) is 5.69 Å². The minimum Gasteiger partial charge on any atom is -0.497 e. The average molecular weight is 281 g/mol. The van der Waals surface area contributed by atoms with E-state index < -0.39 is 0 Å². The van der Waals surface area contributed by atoms with Crippen molar-refractivity contribution in [2.75, 3.05) is 18.6 Å². The molecule has 4 heteroatoms. The van der Waals surface area contributed by atoms with Crippen molar-refractivity contribution in [2.24, 2.45) is 10.7 Å². The van der Waals surface area contributed by atoms with Crippen LogP contribution in [-0.2, 0) is 0 Å². The van der Waals surface area contributed by atoms with Crippen LogP contribution in [0.2, 0.25) is 0 Å². The topological polar surface area (TPSA) is 50.9 Å². The number of guanidine groups is 1. The molecule has 3 rings (SSSR count). The standard InChI is InChI=1S/C17H19N3O/c1-12-6-3-4-9-15(12)16-11-19-17(18)20(16)13-7-5-8-14(10-13)21-2/h3-10,16H,11H2,1-2H3,(H2,18,19). The van der Waals surface area contributed by atoms with Crippen LogP contribution in [-0.4, -0.2) is 19.6 Å². The van der Waals surface area contributed by atoms with Crippen LogP contribution in [0.1, 0.15) is 17.2 Å². The van der Waals surface area contributed by atoms with Gasteiger partial charge in [-0.25, -0.2) is 0 Å². The third-order valence-corrected chi connectivity index (χ3v) is 3.86. The van der Waals surface area contributed by atoms with Gasteiger partial charge in [-0.1, -0.05) is 30.3 Å². The average Bonchev–Trinajstić information content (AvgIpc) is 2.89. The molecule has 0 amide bonds. The summed E-state index contributed by atoms with van der Waals surface area (Å²) in [4.78, 5) is 6.50. The fourth-order valence-electron chi connectivity index (χ4n) is 2.77. The molecule has 0 fully saturated rings. The molecule has 2 N–H and O–H groups in total. The summed E-state index contributed by atoms with van der Waals surface area (Å²) in [6.07, 6.45) is 0. The zero-order chi connectivity index (χ0) is 14.8. The second-order valence-electron chi connectivity index (χ2n) is 5.14. The molecular weight excluding hydrogens is 262 g/mol. The molecule has 1 atom stereocenters. The molecule has 0 saturated carbocycles. The number of benzene rings is 2. The minimum atomic E-state index is 0.137. The van der Waals surface area contributed by atoms with Gasteiger partial charge in [0.05, 0.1) is 19.7 Å². The van der Waals surface area contributed by atoms with E-state index in [4.69, 9.17) is 10.5 Å². The molecule has 4 nitrogen and oxygen atoms in total. The van der Waals surface area contributed by atoms with Crippen LogP contribution in [0, 0.1) is 6.92 Å². The Hall–Kier alpha value is -2.49. The Kier molecular flexibility index (Phi) is 3.52. The van der Waals surface area contributed by atoms with E-state index in [9.17, 15) is 0 Å². The van der Waals surface area contributed by atoms with Crippen molar-refractivity contribution in [3.05, 3.63) is 59.7 Å². The van der Waals surface area contributed by atoms with Gasteiger partial charge in [-0.15, -0.1) is 0 Å². The highest BCUT2D eigenvalue weighted by atomic mass is 16.5. The summed E-state index contributed by atoms with van der Waals surface area (Å²) in [5.41, 5.74) is 9.62. The molecule has 1 aliphatic heterocycles. The van der Waals surface area contributed by atoms with Crippen LogP contribution in [0.3, 0.4) is 0 Å². The summed E-state index contributed by atoms with van der Waals surface area (Å²) in [6, 6.07) is 16.4. The van der Waals surface area contributed by atoms with E-state index in [1.165, 1.54) is 11.1 Å². The number of anilines is 1. The molecule has 0 spiro atoms. The summed E-state index contributed by atoms with van der Waals surface area (Å²) in [5, 5.41) is 0. The predicted molar refractivity (Wildman–Crippen MR) is 85.9 cm³/mol. The normalized spacial score (nSPS) is 17.7. The molecule has 0 bridgehead atoms. The number of methoxy groups -OCH3 is 1. The van der Waals surface area contributed by atoms with Gasteiger partial charge < -0.3 is 15.4 Å². The monoisotopic (exact) mass is 281 g/mol. The molecule has 0 aliphatic carbocycles. The molecule has 2 aromatic rings. The summed E-state index contributed by atoms with van der Waals surface area (Å²) in [7, 11) is 1.67. The Morgan fingerprint density at radius 3 is 2.76 bits per heavy atom. The lowest BCUT2D eigenvalue weighted by Gasteiger charge is -2.28. The summed E-state index contributed by atoms with van der Waals surface area (Å²) < 4.78 is 5.31. The van der Waals surface area contributed by atoms with Gasteiger partial charge in [0.2, 0.25) is 0 Å². The third kappa shape index (κ3) is 2.44. The van der Waals surface area contributed by atoms with E-state index in [0.29, 0.717) is 12.5 Å². The molecule has 0 aromatic heterocycles. The highest BCUT2D eigenvalue weighted by Gasteiger charge is 2.29. The highest BCUT2D eigenvalue weighted by molar-refractivity contribution is 5.97. The third-order valence-electron chi connectivity index (χ3n) is 3.86. The van der Waals surface area contributed by atoms with Crippen LogP contribution in [0.5, 0.6) is 5.75 Å². The molecule has 0 radical (unpaired) electrons. The molecular formula is C17H19N3O. The largest absolute Gasteiger partial charge is 0.497 e. The lowest BCUT2D eigenvalue weighted by atomic mass is 10.0. The molecule has 1 heterocycles. The Labute approximate surface area is 124 Å². The zero-order valence-electron chi connectivity index (χ0n) is 12.3. The summed E-state index contributed by atoms with van der Waals surface area (Å²) in [6.45, 7) is 2.79. The number of nitrogens with two attached hydrogens (primary N) is 1. The lowest BCUT2D eigenvalue weighted by molar-refractivity contribution is 0.415. The van der Waals surface area contributed by atoms with Crippen LogP contribution >= 0.6 is 0 Å². The molecule has 2 aromatic carbocycles. The summed E-state index contributed by atoms with van der Waals surface area (Å²) >= 11 is 0. The Morgan fingerprint density at radius 1 is 1.19 bits per heavy atom. The molecule has 0 saturated heterocycles. The van der Waals surface area contributed by atoms with Gasteiger partial charge in [-0.3, -0.25) is 4.99 Å². The second-order valence-corrected chi connectivity index (χ2v) is 5.14. The maximum Gasteiger partial charge on any atom is 0.196 e. The number of hydrogen-bond donors (Lipinski definition) is 1. The smallest absolute Gasteiger partial charge is 0.196 e. The first-order valence-electron chi connectivity index (χ1n) is 6.99. The number of rotatable bonds is 3. The van der Waals surface area contributed by atoms with E-state index in [-0.39, 0.29) is 6.04 Å². The maximum absolute atomic E-state index is 6.12. The quantitative estimate of drug-likeness (QED) is 0.941. The predicted octanol–water partition coefficient (Wildman–Crippen LogP) is 2.88. The van der Waals surface area contributed by atoms with Gasteiger partial charge in [0.25, 0.3) is 0 Å². The number of hydrogen-bond acceptors (Lipinski definition) is 4. The van der Waals surface area contributed by atoms with Gasteiger partial charge in [0.1, 0.15) is 5.75 Å². The van der Waals surface area contributed by atoms with Crippen molar-refractivity contribution in [3.8, 4) is 5.75 Å². The maximum atomic E-state index is 6.12. The van der Waals surface area contributed by atoms with E-state index in [2.05, 4.69) is 35.0 Å². The Morgan fingerprint density at radius 2 is 2.00 bits per heavy atom. The zero-order valence-corrected chi connectivity index (χ0v) is 12.3. The minimum absolute atomic E-state index is 0.137. The van der Waals surface area contributed by atoms with E-state index in [0.717, 1.165) is 11.4 Å². The fraction of sp³-hybridized carbons (Fsp3) is 0.235. The van der Waals surface area contributed by atoms with Crippen molar-refractivity contribution < 1.29 is 4.74 Å². The molecule has 108 valence electrons. The second kappa shape index (κ2) is 5.48. The number of aryl methyl sites for hydroxylation is 1. The first kappa shape index (κ1) is 13.5. The lowest BCUT2D eigenvalue weighted by Crippen LogP contribution is -2.36. The SMILES string of the molecule is COc1cccc(N2C(N)=NCC2c2ccccc2C)c1. The van der Waals surface area contributed by atoms with E-state index in [1.807, 2.05) is 30.3 Å². The van der Waals surface area contributed by atoms with Crippen molar-refractivity contribution >= 4 is 11.6 Å². The Bertz CT molecular complexity index is 681. The van der Waals surface area contributed by atoms with E-state index in [1.54, 1.807) is 7.11 Å². The Balaban J connectivity index is 2.01. The molecule has 1 unspecified atom stereocenters. The van der Waals surface area contributed by atoms with Crippen molar-refractivity contribution in [2.45, 2.75) is 13.0 Å². The fourth-order valence-corrected chi connectivity index (χ4v) is 2.77. The van der Waals surface area contributed by atoms with Crippen molar-refractivity contribution in [1.29, 1.82) is 0 Å². The molecule has 21 heavy (non-hydrogen) atoms. The first-order valence-corrected chi connectivity index (χ1v) is 6.99. The van der Waals surface area contributed by atoms with Gasteiger partial charge in [-0.05, 0) is 30.2 Å². The number of aliphatic imine (C=N–C) groups is 1. The van der Waals surface area contributed by atoms with Gasteiger partial charge >= 0.3 is 0 Å². The van der Waals surface area contributed by atoms with Crippen LogP contribution < -0.4 is 15.4 Å².